The zero-order chi connectivity index (χ0) is 14.2. The van der Waals surface area contributed by atoms with Gasteiger partial charge < -0.3 is 10.6 Å². The highest BCUT2D eigenvalue weighted by atomic mass is 15.1. The summed E-state index contributed by atoms with van der Waals surface area (Å²) < 4.78 is 0. The van der Waals surface area contributed by atoms with Crippen LogP contribution in [0.25, 0.3) is 0 Å². The molecule has 4 nitrogen and oxygen atoms in total. The fraction of sp³-hybridized carbons (Fsp3) is 0.375. The number of nitrogens with zero attached hydrogens (tertiary/aromatic N) is 2. The molecule has 0 spiro atoms. The van der Waals surface area contributed by atoms with Gasteiger partial charge in [0.15, 0.2) is 0 Å². The van der Waals surface area contributed by atoms with Crippen molar-refractivity contribution in [2.45, 2.75) is 33.1 Å². The molecule has 0 amide bonds. The van der Waals surface area contributed by atoms with Gasteiger partial charge in [-0.3, -0.25) is 0 Å². The lowest BCUT2D eigenvalue weighted by Crippen LogP contribution is -2.06. The molecule has 0 fully saturated rings. The number of hydrogen-bond acceptors (Lipinski definition) is 4. The molecule has 20 heavy (non-hydrogen) atoms. The maximum absolute atomic E-state index is 4.41. The van der Waals surface area contributed by atoms with Gasteiger partial charge in [-0.2, -0.15) is 0 Å². The van der Waals surface area contributed by atoms with Crippen LogP contribution in [0, 0.1) is 6.92 Å². The van der Waals surface area contributed by atoms with E-state index >= 15 is 0 Å². The first-order chi connectivity index (χ1) is 9.78. The molecule has 1 heterocycles. The van der Waals surface area contributed by atoms with E-state index in [4.69, 9.17) is 0 Å². The molecule has 2 rings (SSSR count). The fourth-order valence-electron chi connectivity index (χ4n) is 1.98. The van der Waals surface area contributed by atoms with E-state index in [0.717, 1.165) is 29.7 Å². The summed E-state index contributed by atoms with van der Waals surface area (Å²) in [6.45, 7) is 5.07. The van der Waals surface area contributed by atoms with Crippen LogP contribution < -0.4 is 10.6 Å². The summed E-state index contributed by atoms with van der Waals surface area (Å²) in [7, 11) is 0. The highest BCUT2D eigenvalue weighted by Gasteiger charge is 2.02. The van der Waals surface area contributed by atoms with Crippen molar-refractivity contribution in [2.24, 2.45) is 0 Å². The Morgan fingerprint density at radius 3 is 2.50 bits per heavy atom. The number of anilines is 3. The summed E-state index contributed by atoms with van der Waals surface area (Å²) in [6.07, 6.45) is 3.64. The van der Waals surface area contributed by atoms with E-state index in [0.29, 0.717) is 0 Å². The average molecular weight is 270 g/mol. The van der Waals surface area contributed by atoms with Crippen LogP contribution >= 0.6 is 0 Å². The lowest BCUT2D eigenvalue weighted by atomic mass is 10.2. The molecule has 0 aliphatic rings. The molecule has 2 aromatic rings. The van der Waals surface area contributed by atoms with Crippen molar-refractivity contribution in [1.82, 2.24) is 9.97 Å². The van der Waals surface area contributed by atoms with E-state index in [9.17, 15) is 0 Å². The van der Waals surface area contributed by atoms with Crippen LogP contribution in [0.2, 0.25) is 0 Å². The highest BCUT2D eigenvalue weighted by molar-refractivity contribution is 5.58. The number of aromatic nitrogens is 2. The highest BCUT2D eigenvalue weighted by Crippen LogP contribution is 2.17. The molecular weight excluding hydrogens is 248 g/mol. The molecule has 106 valence electrons. The van der Waals surface area contributed by atoms with Crippen LogP contribution in [-0.4, -0.2) is 16.5 Å². The minimum atomic E-state index is 0.768. The van der Waals surface area contributed by atoms with E-state index in [-0.39, 0.29) is 0 Å². The second kappa shape index (κ2) is 7.48. The molecule has 0 saturated heterocycles. The third-order valence-electron chi connectivity index (χ3n) is 2.97. The molecule has 1 aromatic heterocycles. The predicted molar refractivity (Wildman–Crippen MR) is 84.5 cm³/mol. The lowest BCUT2D eigenvalue weighted by Gasteiger charge is -2.10. The summed E-state index contributed by atoms with van der Waals surface area (Å²) in [5, 5.41) is 6.65. The van der Waals surface area contributed by atoms with Gasteiger partial charge in [-0.1, -0.05) is 38.0 Å². The summed E-state index contributed by atoms with van der Waals surface area (Å²) >= 11 is 0. The summed E-state index contributed by atoms with van der Waals surface area (Å²) in [5.41, 5.74) is 1.03. The zero-order valence-electron chi connectivity index (χ0n) is 12.2. The number of nitrogens with one attached hydrogen (secondary N) is 2. The molecular formula is C16H22N4. The van der Waals surface area contributed by atoms with Crippen molar-refractivity contribution < 1.29 is 0 Å². The standard InChI is InChI=1S/C16H22N4/c1-3-4-8-11-17-15-12-16(19-13(2)18-15)20-14-9-6-5-7-10-14/h5-7,9-10,12H,3-4,8,11H2,1-2H3,(H2,17,18,19,20). The van der Waals surface area contributed by atoms with Crippen LogP contribution in [0.4, 0.5) is 17.3 Å². The van der Waals surface area contributed by atoms with Gasteiger partial charge >= 0.3 is 0 Å². The minimum Gasteiger partial charge on any atom is -0.370 e. The first-order valence-electron chi connectivity index (χ1n) is 7.19. The minimum absolute atomic E-state index is 0.768. The Morgan fingerprint density at radius 1 is 1.00 bits per heavy atom. The molecule has 0 aliphatic heterocycles. The van der Waals surface area contributed by atoms with E-state index in [1.807, 2.05) is 43.3 Å². The van der Waals surface area contributed by atoms with Crippen LogP contribution in [0.1, 0.15) is 32.0 Å². The molecule has 0 radical (unpaired) electrons. The summed E-state index contributed by atoms with van der Waals surface area (Å²) in [6, 6.07) is 12.0. The maximum Gasteiger partial charge on any atom is 0.136 e. The quantitative estimate of drug-likeness (QED) is 0.743. The number of benzene rings is 1. The number of aryl methyl sites for hydroxylation is 1. The molecule has 2 N–H and O–H groups in total. The first kappa shape index (κ1) is 14.3. The van der Waals surface area contributed by atoms with Crippen molar-refractivity contribution in [1.29, 1.82) is 0 Å². The molecule has 0 unspecified atom stereocenters. The number of hydrogen-bond donors (Lipinski definition) is 2. The van der Waals surface area contributed by atoms with Crippen molar-refractivity contribution in [3.8, 4) is 0 Å². The SMILES string of the molecule is CCCCCNc1cc(Nc2ccccc2)nc(C)n1. The van der Waals surface area contributed by atoms with Crippen LogP contribution in [-0.2, 0) is 0 Å². The fourth-order valence-corrected chi connectivity index (χ4v) is 1.98. The van der Waals surface area contributed by atoms with Gasteiger partial charge in [-0.15, -0.1) is 0 Å². The average Bonchev–Trinajstić information content (AvgIpc) is 2.44. The lowest BCUT2D eigenvalue weighted by molar-refractivity contribution is 0.742. The van der Waals surface area contributed by atoms with Gasteiger partial charge in [0.05, 0.1) is 0 Å². The molecule has 0 saturated carbocycles. The Bertz CT molecular complexity index is 525. The van der Waals surface area contributed by atoms with E-state index in [1.165, 1.54) is 19.3 Å². The molecule has 0 bridgehead atoms. The Morgan fingerprint density at radius 2 is 1.75 bits per heavy atom. The van der Waals surface area contributed by atoms with Gasteiger partial charge in [0.2, 0.25) is 0 Å². The summed E-state index contributed by atoms with van der Waals surface area (Å²) in [5.74, 6) is 2.47. The number of unbranched alkanes of at least 4 members (excludes halogenated alkanes) is 2. The van der Waals surface area contributed by atoms with Gasteiger partial charge in [0.25, 0.3) is 0 Å². The number of para-hydroxylation sites is 1. The second-order valence-corrected chi connectivity index (χ2v) is 4.81. The first-order valence-corrected chi connectivity index (χ1v) is 7.19. The van der Waals surface area contributed by atoms with Crippen LogP contribution in [0.3, 0.4) is 0 Å². The zero-order valence-corrected chi connectivity index (χ0v) is 12.2. The molecule has 0 aliphatic carbocycles. The second-order valence-electron chi connectivity index (χ2n) is 4.81. The third kappa shape index (κ3) is 4.53. The smallest absolute Gasteiger partial charge is 0.136 e. The van der Waals surface area contributed by atoms with Gasteiger partial charge in [-0.25, -0.2) is 9.97 Å². The Kier molecular flexibility index (Phi) is 5.35. The van der Waals surface area contributed by atoms with Gasteiger partial charge in [0.1, 0.15) is 17.5 Å². The normalized spacial score (nSPS) is 10.3. The van der Waals surface area contributed by atoms with Gasteiger partial charge in [-0.05, 0) is 25.5 Å². The number of rotatable bonds is 7. The topological polar surface area (TPSA) is 49.8 Å². The van der Waals surface area contributed by atoms with E-state index in [2.05, 4.69) is 27.5 Å². The maximum atomic E-state index is 4.41. The Labute approximate surface area is 120 Å². The Hall–Kier alpha value is -2.10. The Balaban J connectivity index is 2.01. The van der Waals surface area contributed by atoms with Crippen LogP contribution in [0.5, 0.6) is 0 Å². The summed E-state index contributed by atoms with van der Waals surface area (Å²) in [4.78, 5) is 8.82. The van der Waals surface area contributed by atoms with Crippen molar-refractivity contribution >= 4 is 17.3 Å². The molecule has 0 atom stereocenters. The monoisotopic (exact) mass is 270 g/mol. The van der Waals surface area contributed by atoms with Crippen molar-refractivity contribution in [2.75, 3.05) is 17.2 Å². The molecule has 1 aromatic carbocycles. The van der Waals surface area contributed by atoms with Gasteiger partial charge in [0, 0.05) is 18.3 Å². The van der Waals surface area contributed by atoms with E-state index in [1.54, 1.807) is 0 Å². The van der Waals surface area contributed by atoms with Crippen LogP contribution in [0.15, 0.2) is 36.4 Å². The van der Waals surface area contributed by atoms with Crippen molar-refractivity contribution in [3.05, 3.63) is 42.2 Å². The molecule has 4 heteroatoms. The largest absolute Gasteiger partial charge is 0.370 e. The van der Waals surface area contributed by atoms with Crippen molar-refractivity contribution in [3.63, 3.8) is 0 Å². The third-order valence-corrected chi connectivity index (χ3v) is 2.97. The predicted octanol–water partition coefficient (Wildman–Crippen LogP) is 4.13. The van der Waals surface area contributed by atoms with E-state index < -0.39 is 0 Å².